The third-order valence-electron chi connectivity index (χ3n) is 5.05. The van der Waals surface area contributed by atoms with Crippen molar-refractivity contribution in [1.29, 1.82) is 0 Å². The van der Waals surface area contributed by atoms with Gasteiger partial charge in [0.1, 0.15) is 0 Å². The molecule has 0 spiro atoms. The summed E-state index contributed by atoms with van der Waals surface area (Å²) in [6.07, 6.45) is 2.13. The Morgan fingerprint density at radius 1 is 1.12 bits per heavy atom. The van der Waals surface area contributed by atoms with Gasteiger partial charge in [0.2, 0.25) is 5.91 Å². The number of carbonyl (C=O) groups is 1. The largest absolute Gasteiger partial charge is 0.384 e. The lowest BCUT2D eigenvalue weighted by Crippen LogP contribution is -2.51. The van der Waals surface area contributed by atoms with Gasteiger partial charge in [-0.2, -0.15) is 0 Å². The van der Waals surface area contributed by atoms with E-state index in [1.807, 2.05) is 0 Å². The van der Waals surface area contributed by atoms with Crippen molar-refractivity contribution in [1.82, 2.24) is 20.4 Å². The Bertz CT molecular complexity index is 341. The molecule has 0 aromatic rings. The van der Waals surface area contributed by atoms with Gasteiger partial charge in [0.15, 0.2) is 0 Å². The van der Waals surface area contributed by atoms with Crippen molar-refractivity contribution in [3.8, 4) is 0 Å². The smallest absolute Gasteiger partial charge is 0.234 e. The second-order valence-electron chi connectivity index (χ2n) is 6.67. The van der Waals surface area contributed by atoms with E-state index in [0.29, 0.717) is 6.54 Å². The van der Waals surface area contributed by atoms with Crippen molar-refractivity contribution in [3.05, 3.63) is 0 Å². The molecule has 2 N–H and O–H groups in total. The first-order valence-electron chi connectivity index (χ1n) is 8.58. The van der Waals surface area contributed by atoms with E-state index in [1.165, 1.54) is 0 Å². The van der Waals surface area contributed by atoms with Crippen LogP contribution in [0.2, 0.25) is 0 Å². The van der Waals surface area contributed by atoms with E-state index in [9.17, 15) is 4.79 Å². The fourth-order valence-corrected chi connectivity index (χ4v) is 3.44. The summed E-state index contributed by atoms with van der Waals surface area (Å²) in [5.41, 5.74) is 0.108. The zero-order valence-electron chi connectivity index (χ0n) is 15.0. The summed E-state index contributed by atoms with van der Waals surface area (Å²) in [4.78, 5) is 16.9. The zero-order chi connectivity index (χ0) is 15.8. The Kier molecular flexibility index (Phi) is 12.2. The molecule has 2 aliphatic heterocycles. The molecule has 0 radical (unpaired) electrons. The highest BCUT2D eigenvalue weighted by atomic mass is 35.5. The van der Waals surface area contributed by atoms with E-state index in [4.69, 9.17) is 4.74 Å². The predicted molar refractivity (Wildman–Crippen MR) is 102 cm³/mol. The lowest BCUT2D eigenvalue weighted by atomic mass is 9.79. The number of likely N-dealkylation sites (N-methyl/N-ethyl adjacent to an activating group) is 1. The molecule has 2 rings (SSSR count). The summed E-state index contributed by atoms with van der Waals surface area (Å²) in [7, 11) is 1.75. The van der Waals surface area contributed by atoms with Crippen LogP contribution >= 0.6 is 24.8 Å². The Morgan fingerprint density at radius 2 is 1.71 bits per heavy atom. The maximum Gasteiger partial charge on any atom is 0.234 e. The number of carbonyl (C=O) groups excluding carboxylic acids is 1. The first-order chi connectivity index (χ1) is 10.7. The first-order valence-corrected chi connectivity index (χ1v) is 8.58. The summed E-state index contributed by atoms with van der Waals surface area (Å²) in [6, 6.07) is 0. The quantitative estimate of drug-likeness (QED) is 0.672. The lowest BCUT2D eigenvalue weighted by Gasteiger charge is -2.37. The minimum atomic E-state index is 0. The highest BCUT2D eigenvalue weighted by Crippen LogP contribution is 2.28. The van der Waals surface area contributed by atoms with Crippen LogP contribution in [0.1, 0.15) is 19.8 Å². The van der Waals surface area contributed by atoms with Gasteiger partial charge in [0.25, 0.3) is 0 Å². The molecule has 1 amide bonds. The number of nitrogens with zero attached hydrogens (tertiary/aromatic N) is 2. The van der Waals surface area contributed by atoms with Gasteiger partial charge in [-0.05, 0) is 32.5 Å². The van der Waals surface area contributed by atoms with E-state index in [1.54, 1.807) is 7.11 Å². The van der Waals surface area contributed by atoms with Crippen LogP contribution < -0.4 is 10.6 Å². The number of methoxy groups -OCH3 is 1. The molecule has 6 nitrogen and oxygen atoms in total. The molecular formula is C16H34Cl2N4O2. The Labute approximate surface area is 158 Å². The van der Waals surface area contributed by atoms with Crippen LogP contribution in [0.15, 0.2) is 0 Å². The van der Waals surface area contributed by atoms with E-state index < -0.39 is 0 Å². The Morgan fingerprint density at radius 3 is 2.25 bits per heavy atom. The normalized spacial score (nSPS) is 21.4. The average molecular weight is 385 g/mol. The second kappa shape index (κ2) is 12.3. The van der Waals surface area contributed by atoms with Gasteiger partial charge in [-0.15, -0.1) is 24.8 Å². The van der Waals surface area contributed by atoms with Crippen LogP contribution in [0.5, 0.6) is 0 Å². The van der Waals surface area contributed by atoms with Crippen LogP contribution in [0.25, 0.3) is 0 Å². The number of amides is 1. The number of piperidine rings is 1. The molecule has 2 heterocycles. The molecular weight excluding hydrogens is 351 g/mol. The third kappa shape index (κ3) is 7.42. The van der Waals surface area contributed by atoms with Crippen LogP contribution in [-0.2, 0) is 9.53 Å². The minimum absolute atomic E-state index is 0. The lowest BCUT2D eigenvalue weighted by molar-refractivity contribution is -0.123. The number of hydrogen-bond donors (Lipinski definition) is 2. The Balaban J connectivity index is 0.00000264. The van der Waals surface area contributed by atoms with Gasteiger partial charge in [0.05, 0.1) is 13.2 Å². The highest BCUT2D eigenvalue weighted by Gasteiger charge is 2.32. The van der Waals surface area contributed by atoms with Crippen LogP contribution in [-0.4, -0.2) is 88.3 Å². The summed E-state index contributed by atoms with van der Waals surface area (Å²) in [5.74, 6) is 0.152. The molecule has 0 saturated carbocycles. The molecule has 0 aliphatic carbocycles. The molecule has 0 unspecified atom stereocenters. The van der Waals surface area contributed by atoms with Crippen molar-refractivity contribution in [2.75, 3.05) is 72.6 Å². The molecule has 2 fully saturated rings. The topological polar surface area (TPSA) is 56.8 Å². The van der Waals surface area contributed by atoms with Gasteiger partial charge in [-0.25, -0.2) is 0 Å². The SMILES string of the molecule is CCN1CCN(CC(=O)NCC2(COC)CCNCC2)CC1.Cl.Cl. The van der Waals surface area contributed by atoms with Crippen LogP contribution in [0, 0.1) is 5.41 Å². The summed E-state index contributed by atoms with van der Waals surface area (Å²) >= 11 is 0. The van der Waals surface area contributed by atoms with Crippen molar-refractivity contribution < 1.29 is 9.53 Å². The monoisotopic (exact) mass is 384 g/mol. The summed E-state index contributed by atoms with van der Waals surface area (Å²) in [5, 5.41) is 6.53. The van der Waals surface area contributed by atoms with E-state index in [0.717, 1.165) is 71.8 Å². The van der Waals surface area contributed by atoms with E-state index in [2.05, 4.69) is 27.4 Å². The predicted octanol–water partition coefficient (Wildman–Crippen LogP) is 0.600. The zero-order valence-corrected chi connectivity index (χ0v) is 16.6. The van der Waals surface area contributed by atoms with Gasteiger partial charge in [-0.1, -0.05) is 6.92 Å². The molecule has 0 aromatic carbocycles. The molecule has 0 bridgehead atoms. The highest BCUT2D eigenvalue weighted by molar-refractivity contribution is 5.85. The number of rotatable bonds is 7. The second-order valence-corrected chi connectivity index (χ2v) is 6.67. The minimum Gasteiger partial charge on any atom is -0.384 e. The van der Waals surface area contributed by atoms with Crippen molar-refractivity contribution >= 4 is 30.7 Å². The number of nitrogens with one attached hydrogen (secondary N) is 2. The van der Waals surface area contributed by atoms with Crippen molar-refractivity contribution in [2.24, 2.45) is 5.41 Å². The summed E-state index contributed by atoms with van der Waals surface area (Å²) in [6.45, 7) is 11.4. The number of hydrogen-bond acceptors (Lipinski definition) is 5. The molecule has 2 aliphatic rings. The van der Waals surface area contributed by atoms with Gasteiger partial charge in [-0.3, -0.25) is 9.69 Å². The number of ether oxygens (including phenoxy) is 1. The Hall–Kier alpha value is -0.110. The molecule has 2 saturated heterocycles. The van der Waals surface area contributed by atoms with Gasteiger partial charge < -0.3 is 20.3 Å². The number of halogens is 2. The first kappa shape index (κ1) is 23.9. The standard InChI is InChI=1S/C16H32N4O2.2ClH/c1-3-19-8-10-20(11-9-19)12-15(21)18-13-16(14-22-2)4-6-17-7-5-16;;/h17H,3-14H2,1-2H3,(H,18,21);2*1H. The molecule has 144 valence electrons. The van der Waals surface area contributed by atoms with Crippen molar-refractivity contribution in [3.63, 3.8) is 0 Å². The average Bonchev–Trinajstić information content (AvgIpc) is 2.55. The molecule has 24 heavy (non-hydrogen) atoms. The van der Waals surface area contributed by atoms with E-state index >= 15 is 0 Å². The molecule has 8 heteroatoms. The van der Waals surface area contributed by atoms with Gasteiger partial charge in [0, 0.05) is 45.2 Å². The molecule has 0 atom stereocenters. The van der Waals surface area contributed by atoms with E-state index in [-0.39, 0.29) is 36.1 Å². The maximum absolute atomic E-state index is 12.2. The van der Waals surface area contributed by atoms with Gasteiger partial charge >= 0.3 is 0 Å². The van der Waals surface area contributed by atoms with Crippen molar-refractivity contribution in [2.45, 2.75) is 19.8 Å². The fraction of sp³-hybridized carbons (Fsp3) is 0.938. The third-order valence-corrected chi connectivity index (χ3v) is 5.05. The van der Waals surface area contributed by atoms with Crippen LogP contribution in [0.4, 0.5) is 0 Å². The summed E-state index contributed by atoms with van der Waals surface area (Å²) < 4.78 is 5.40. The molecule has 0 aromatic heterocycles. The maximum atomic E-state index is 12.2. The van der Waals surface area contributed by atoms with Crippen LogP contribution in [0.3, 0.4) is 0 Å². The fourth-order valence-electron chi connectivity index (χ4n) is 3.44. The number of piperazine rings is 1.